The zero-order valence-corrected chi connectivity index (χ0v) is 10.7. The predicted octanol–water partition coefficient (Wildman–Crippen LogP) is 2.71. The molecule has 2 heterocycles. The summed E-state index contributed by atoms with van der Waals surface area (Å²) in [7, 11) is 2.17. The third-order valence-corrected chi connectivity index (χ3v) is 3.69. The van der Waals surface area contributed by atoms with Crippen molar-refractivity contribution in [2.45, 2.75) is 18.9 Å². The van der Waals surface area contributed by atoms with Gasteiger partial charge in [0, 0.05) is 17.6 Å². The lowest BCUT2D eigenvalue weighted by Crippen LogP contribution is -2.30. The van der Waals surface area contributed by atoms with E-state index in [0.717, 1.165) is 23.3 Å². The predicted molar refractivity (Wildman–Crippen MR) is 72.9 cm³/mol. The Bertz CT molecular complexity index is 541. The molecule has 1 atom stereocenters. The molecule has 1 aromatic carbocycles. The second kappa shape index (κ2) is 4.94. The van der Waals surface area contributed by atoms with Crippen LogP contribution in [0.3, 0.4) is 0 Å². The highest BCUT2D eigenvalue weighted by Crippen LogP contribution is 2.21. The maximum absolute atomic E-state index is 5.90. The van der Waals surface area contributed by atoms with E-state index in [0.29, 0.717) is 6.04 Å². The van der Waals surface area contributed by atoms with Crippen LogP contribution in [0.4, 0.5) is 0 Å². The average molecular weight is 242 g/mol. The van der Waals surface area contributed by atoms with Crippen LogP contribution in [0, 0.1) is 0 Å². The third kappa shape index (κ3) is 2.31. The number of nitrogens with zero attached hydrogens (tertiary/aromatic N) is 2. The number of hydrogen-bond donors (Lipinski definition) is 0. The standard InChI is InChI=1S/C15H18N2O/c1-17-9-3-5-13(17)11-18-14-6-7-15-12(10-14)4-2-8-16-15/h2,4,6-8,10,13H,3,5,9,11H2,1H3/t13-/m0/s1. The van der Waals surface area contributed by atoms with E-state index in [1.807, 2.05) is 24.4 Å². The van der Waals surface area contributed by atoms with Crippen LogP contribution in [-0.2, 0) is 0 Å². The van der Waals surface area contributed by atoms with Gasteiger partial charge in [-0.15, -0.1) is 0 Å². The molecule has 18 heavy (non-hydrogen) atoms. The lowest BCUT2D eigenvalue weighted by molar-refractivity contribution is 0.198. The number of aromatic nitrogens is 1. The number of hydrogen-bond acceptors (Lipinski definition) is 3. The van der Waals surface area contributed by atoms with E-state index in [9.17, 15) is 0 Å². The summed E-state index contributed by atoms with van der Waals surface area (Å²) in [5.41, 5.74) is 1.02. The monoisotopic (exact) mass is 242 g/mol. The molecule has 94 valence electrons. The summed E-state index contributed by atoms with van der Waals surface area (Å²) in [6, 6.07) is 10.7. The molecule has 1 aliphatic rings. The van der Waals surface area contributed by atoms with Crippen molar-refractivity contribution in [1.82, 2.24) is 9.88 Å². The molecule has 0 bridgehead atoms. The van der Waals surface area contributed by atoms with E-state index in [4.69, 9.17) is 4.74 Å². The van der Waals surface area contributed by atoms with Crippen molar-refractivity contribution in [1.29, 1.82) is 0 Å². The molecular weight excluding hydrogens is 224 g/mol. The normalized spacial score (nSPS) is 20.4. The van der Waals surface area contributed by atoms with Crippen LogP contribution in [0.5, 0.6) is 5.75 Å². The maximum Gasteiger partial charge on any atom is 0.120 e. The molecule has 0 spiro atoms. The molecule has 2 aromatic rings. The van der Waals surface area contributed by atoms with Gasteiger partial charge in [0.2, 0.25) is 0 Å². The first kappa shape index (κ1) is 11.5. The molecule has 0 radical (unpaired) electrons. The largest absolute Gasteiger partial charge is 0.492 e. The topological polar surface area (TPSA) is 25.4 Å². The number of ether oxygens (including phenoxy) is 1. The molecule has 0 saturated carbocycles. The number of rotatable bonds is 3. The molecule has 3 nitrogen and oxygen atoms in total. The van der Waals surface area contributed by atoms with E-state index in [1.165, 1.54) is 19.4 Å². The Balaban J connectivity index is 1.71. The van der Waals surface area contributed by atoms with E-state index in [-0.39, 0.29) is 0 Å². The smallest absolute Gasteiger partial charge is 0.120 e. The van der Waals surface area contributed by atoms with Crippen molar-refractivity contribution >= 4 is 10.9 Å². The number of benzene rings is 1. The molecule has 0 amide bonds. The van der Waals surface area contributed by atoms with Gasteiger partial charge in [0.15, 0.2) is 0 Å². The van der Waals surface area contributed by atoms with E-state index >= 15 is 0 Å². The number of likely N-dealkylation sites (tertiary alicyclic amines) is 1. The molecule has 3 heteroatoms. The second-order valence-corrected chi connectivity index (χ2v) is 4.95. The van der Waals surface area contributed by atoms with Crippen LogP contribution in [0.2, 0.25) is 0 Å². The SMILES string of the molecule is CN1CCC[C@H]1COc1ccc2ncccc2c1. The number of likely N-dealkylation sites (N-methyl/N-ethyl adjacent to an activating group) is 1. The molecule has 1 saturated heterocycles. The summed E-state index contributed by atoms with van der Waals surface area (Å²) in [4.78, 5) is 6.69. The van der Waals surface area contributed by atoms with Gasteiger partial charge in [-0.1, -0.05) is 6.07 Å². The van der Waals surface area contributed by atoms with Crippen LogP contribution >= 0.6 is 0 Å². The van der Waals surface area contributed by atoms with Crippen LogP contribution in [-0.4, -0.2) is 36.1 Å². The first-order chi connectivity index (χ1) is 8.83. The Kier molecular flexibility index (Phi) is 3.15. The summed E-state index contributed by atoms with van der Waals surface area (Å²) in [6.07, 6.45) is 4.34. The zero-order chi connectivity index (χ0) is 12.4. The van der Waals surface area contributed by atoms with E-state index in [1.54, 1.807) is 0 Å². The van der Waals surface area contributed by atoms with Gasteiger partial charge in [0.25, 0.3) is 0 Å². The minimum atomic E-state index is 0.564. The van der Waals surface area contributed by atoms with Crippen LogP contribution in [0.25, 0.3) is 10.9 Å². The van der Waals surface area contributed by atoms with Gasteiger partial charge in [-0.3, -0.25) is 4.98 Å². The number of pyridine rings is 1. The Hall–Kier alpha value is -1.61. The van der Waals surface area contributed by atoms with Crippen LogP contribution in [0.1, 0.15) is 12.8 Å². The fraction of sp³-hybridized carbons (Fsp3) is 0.400. The van der Waals surface area contributed by atoms with Gasteiger partial charge in [0.05, 0.1) is 5.52 Å². The Morgan fingerprint density at radius 3 is 3.17 bits per heavy atom. The first-order valence-electron chi connectivity index (χ1n) is 6.51. The Morgan fingerprint density at radius 2 is 2.33 bits per heavy atom. The lowest BCUT2D eigenvalue weighted by atomic mass is 10.2. The summed E-state index contributed by atoms with van der Waals surface area (Å²) in [5, 5.41) is 1.13. The summed E-state index contributed by atoms with van der Waals surface area (Å²) in [5.74, 6) is 0.941. The van der Waals surface area contributed by atoms with Gasteiger partial charge in [0.1, 0.15) is 12.4 Å². The van der Waals surface area contributed by atoms with Crippen LogP contribution < -0.4 is 4.74 Å². The fourth-order valence-electron chi connectivity index (χ4n) is 2.53. The third-order valence-electron chi connectivity index (χ3n) is 3.69. The Labute approximate surface area is 107 Å². The minimum absolute atomic E-state index is 0.564. The van der Waals surface area contributed by atoms with Gasteiger partial charge in [-0.25, -0.2) is 0 Å². The highest BCUT2D eigenvalue weighted by atomic mass is 16.5. The quantitative estimate of drug-likeness (QED) is 0.827. The molecule has 1 aliphatic heterocycles. The number of fused-ring (bicyclic) bond motifs is 1. The second-order valence-electron chi connectivity index (χ2n) is 4.95. The highest BCUT2D eigenvalue weighted by Gasteiger charge is 2.21. The molecular formula is C15H18N2O. The first-order valence-corrected chi connectivity index (χ1v) is 6.51. The summed E-state index contributed by atoms with van der Waals surface area (Å²) < 4.78 is 5.90. The molecule has 0 aliphatic carbocycles. The van der Waals surface area contributed by atoms with E-state index in [2.05, 4.69) is 29.1 Å². The lowest BCUT2D eigenvalue weighted by Gasteiger charge is -2.19. The summed E-state index contributed by atoms with van der Waals surface area (Å²) >= 11 is 0. The molecule has 1 fully saturated rings. The average Bonchev–Trinajstić information content (AvgIpc) is 2.82. The summed E-state index contributed by atoms with van der Waals surface area (Å²) in [6.45, 7) is 1.97. The molecule has 1 aromatic heterocycles. The van der Waals surface area contributed by atoms with Crippen LogP contribution in [0.15, 0.2) is 36.5 Å². The van der Waals surface area contributed by atoms with Gasteiger partial charge in [-0.2, -0.15) is 0 Å². The van der Waals surface area contributed by atoms with Crippen molar-refractivity contribution < 1.29 is 4.74 Å². The van der Waals surface area contributed by atoms with E-state index < -0.39 is 0 Å². The van der Waals surface area contributed by atoms with Crippen molar-refractivity contribution in [3.63, 3.8) is 0 Å². The molecule has 0 N–H and O–H groups in total. The van der Waals surface area contributed by atoms with Crippen molar-refractivity contribution in [2.24, 2.45) is 0 Å². The van der Waals surface area contributed by atoms with Crippen molar-refractivity contribution in [2.75, 3.05) is 20.2 Å². The minimum Gasteiger partial charge on any atom is -0.492 e. The van der Waals surface area contributed by atoms with Crippen molar-refractivity contribution in [3.05, 3.63) is 36.5 Å². The fourth-order valence-corrected chi connectivity index (χ4v) is 2.53. The Morgan fingerprint density at radius 1 is 1.39 bits per heavy atom. The van der Waals surface area contributed by atoms with Gasteiger partial charge >= 0.3 is 0 Å². The zero-order valence-electron chi connectivity index (χ0n) is 10.7. The molecule has 0 unspecified atom stereocenters. The maximum atomic E-state index is 5.90. The van der Waals surface area contributed by atoms with Gasteiger partial charge < -0.3 is 9.64 Å². The molecule has 3 rings (SSSR count). The highest BCUT2D eigenvalue weighted by molar-refractivity contribution is 5.79. The van der Waals surface area contributed by atoms with Crippen molar-refractivity contribution in [3.8, 4) is 5.75 Å². The van der Waals surface area contributed by atoms with Gasteiger partial charge in [-0.05, 0) is 50.7 Å².